The molecular formula is C17H19F3N2O4. The van der Waals surface area contributed by atoms with Crippen LogP contribution in [0, 0.1) is 0 Å². The fourth-order valence-electron chi connectivity index (χ4n) is 2.15. The molecule has 0 radical (unpaired) electrons. The second-order valence-electron chi connectivity index (χ2n) is 5.16. The van der Waals surface area contributed by atoms with Crippen molar-refractivity contribution in [3.63, 3.8) is 0 Å². The van der Waals surface area contributed by atoms with Crippen LogP contribution >= 0.6 is 0 Å². The number of halogens is 3. The zero-order chi connectivity index (χ0) is 19.2. The van der Waals surface area contributed by atoms with Crippen LogP contribution in [0.3, 0.4) is 0 Å². The number of benzene rings is 1. The number of hydrogen-bond acceptors (Lipinski definition) is 6. The Kier molecular flexibility index (Phi) is 6.37. The van der Waals surface area contributed by atoms with Gasteiger partial charge in [-0.2, -0.15) is 13.2 Å². The van der Waals surface area contributed by atoms with Crippen LogP contribution < -0.4 is 24.3 Å². The summed E-state index contributed by atoms with van der Waals surface area (Å²) in [7, 11) is 4.60. The molecule has 1 aromatic heterocycles. The molecule has 2 rings (SSSR count). The second-order valence-corrected chi connectivity index (χ2v) is 5.16. The van der Waals surface area contributed by atoms with Crippen molar-refractivity contribution in [2.45, 2.75) is 12.7 Å². The number of anilines is 1. The average Bonchev–Trinajstić information content (AvgIpc) is 2.64. The van der Waals surface area contributed by atoms with E-state index >= 15 is 0 Å². The Morgan fingerprint density at radius 2 is 1.62 bits per heavy atom. The number of methoxy groups -OCH3 is 3. The lowest BCUT2D eigenvalue weighted by Crippen LogP contribution is -2.19. The molecule has 0 unspecified atom stereocenters. The number of pyridine rings is 1. The van der Waals surface area contributed by atoms with Gasteiger partial charge in [-0.15, -0.1) is 0 Å². The number of ether oxygens (including phenoxy) is 4. The van der Waals surface area contributed by atoms with E-state index in [9.17, 15) is 13.2 Å². The highest BCUT2D eigenvalue weighted by atomic mass is 19.4. The highest BCUT2D eigenvalue weighted by molar-refractivity contribution is 5.52. The van der Waals surface area contributed by atoms with Crippen molar-refractivity contribution in [2.75, 3.05) is 33.3 Å². The Balaban J connectivity index is 2.04. The van der Waals surface area contributed by atoms with Crippen molar-refractivity contribution in [1.82, 2.24) is 4.98 Å². The summed E-state index contributed by atoms with van der Waals surface area (Å²) < 4.78 is 56.8. The number of alkyl halides is 3. The van der Waals surface area contributed by atoms with Crippen molar-refractivity contribution < 1.29 is 32.1 Å². The summed E-state index contributed by atoms with van der Waals surface area (Å²) in [6.45, 7) is -0.996. The van der Waals surface area contributed by atoms with Crippen molar-refractivity contribution in [1.29, 1.82) is 0 Å². The minimum absolute atomic E-state index is 0.100. The third-order valence-corrected chi connectivity index (χ3v) is 3.39. The summed E-state index contributed by atoms with van der Waals surface area (Å²) in [5.41, 5.74) is 1.42. The van der Waals surface area contributed by atoms with Gasteiger partial charge in [0.15, 0.2) is 18.1 Å². The van der Waals surface area contributed by atoms with Gasteiger partial charge < -0.3 is 24.3 Å². The zero-order valence-electron chi connectivity index (χ0n) is 14.5. The third-order valence-electron chi connectivity index (χ3n) is 3.39. The van der Waals surface area contributed by atoms with Crippen LogP contribution in [-0.4, -0.2) is 39.1 Å². The van der Waals surface area contributed by atoms with E-state index in [4.69, 9.17) is 14.2 Å². The maximum absolute atomic E-state index is 12.1. The van der Waals surface area contributed by atoms with Gasteiger partial charge in [-0.1, -0.05) is 0 Å². The number of rotatable bonds is 8. The van der Waals surface area contributed by atoms with E-state index in [1.807, 2.05) is 0 Å². The second kappa shape index (κ2) is 8.50. The Morgan fingerprint density at radius 3 is 2.15 bits per heavy atom. The van der Waals surface area contributed by atoms with Gasteiger partial charge in [0.05, 0.1) is 33.2 Å². The molecule has 0 bridgehead atoms. The van der Waals surface area contributed by atoms with Crippen LogP contribution in [0.2, 0.25) is 0 Å². The van der Waals surface area contributed by atoms with Crippen LogP contribution in [-0.2, 0) is 6.54 Å². The predicted molar refractivity (Wildman–Crippen MR) is 89.2 cm³/mol. The Hall–Kier alpha value is -2.84. The van der Waals surface area contributed by atoms with E-state index in [1.54, 1.807) is 25.3 Å². The Morgan fingerprint density at radius 1 is 0.962 bits per heavy atom. The Bertz CT molecular complexity index is 721. The minimum atomic E-state index is -4.40. The van der Waals surface area contributed by atoms with Crippen LogP contribution in [0.15, 0.2) is 30.5 Å². The normalized spacial score (nSPS) is 11.0. The fraction of sp³-hybridized carbons (Fsp3) is 0.353. The first-order valence-electron chi connectivity index (χ1n) is 7.54. The molecule has 1 N–H and O–H groups in total. The van der Waals surface area contributed by atoms with E-state index in [-0.39, 0.29) is 5.88 Å². The average molecular weight is 372 g/mol. The smallest absolute Gasteiger partial charge is 0.422 e. The fourth-order valence-corrected chi connectivity index (χ4v) is 2.15. The number of nitrogens with zero attached hydrogens (tertiary/aromatic N) is 1. The van der Waals surface area contributed by atoms with Gasteiger partial charge in [0.25, 0.3) is 0 Å². The molecule has 142 valence electrons. The number of aromatic nitrogens is 1. The molecule has 0 aliphatic carbocycles. The van der Waals surface area contributed by atoms with Gasteiger partial charge >= 0.3 is 6.18 Å². The number of nitrogens with one attached hydrogen (secondary N) is 1. The summed E-state index contributed by atoms with van der Waals surface area (Å²) in [4.78, 5) is 3.84. The van der Waals surface area contributed by atoms with Crippen molar-refractivity contribution in [3.8, 4) is 23.1 Å². The molecule has 0 atom stereocenters. The zero-order valence-corrected chi connectivity index (χ0v) is 14.5. The summed E-state index contributed by atoms with van der Waals surface area (Å²) in [6, 6.07) is 6.42. The molecule has 0 saturated heterocycles. The summed E-state index contributed by atoms with van der Waals surface area (Å²) in [5.74, 6) is 1.60. The van der Waals surface area contributed by atoms with E-state index in [2.05, 4.69) is 15.0 Å². The topological polar surface area (TPSA) is 61.8 Å². The van der Waals surface area contributed by atoms with E-state index < -0.39 is 12.8 Å². The van der Waals surface area contributed by atoms with Crippen molar-refractivity contribution in [3.05, 3.63) is 36.0 Å². The predicted octanol–water partition coefficient (Wildman–Crippen LogP) is 3.66. The van der Waals surface area contributed by atoms with Crippen molar-refractivity contribution >= 4 is 5.69 Å². The first-order valence-corrected chi connectivity index (χ1v) is 7.54. The molecule has 0 amide bonds. The molecule has 1 aromatic carbocycles. The monoisotopic (exact) mass is 372 g/mol. The third kappa shape index (κ3) is 5.33. The van der Waals surface area contributed by atoms with Crippen LogP contribution in [0.5, 0.6) is 23.1 Å². The van der Waals surface area contributed by atoms with Crippen LogP contribution in [0.4, 0.5) is 18.9 Å². The van der Waals surface area contributed by atoms with Crippen LogP contribution in [0.25, 0.3) is 0 Å². The number of hydrogen-bond donors (Lipinski definition) is 1. The molecule has 0 fully saturated rings. The first kappa shape index (κ1) is 19.5. The maximum atomic E-state index is 12.1. The lowest BCUT2D eigenvalue weighted by molar-refractivity contribution is -0.154. The molecule has 2 aromatic rings. The molecule has 6 nitrogen and oxygen atoms in total. The van der Waals surface area contributed by atoms with Gasteiger partial charge in [0.1, 0.15) is 5.75 Å². The quantitative estimate of drug-likeness (QED) is 0.763. The summed E-state index contributed by atoms with van der Waals surface area (Å²) in [6.07, 6.45) is -3.01. The molecule has 0 aliphatic rings. The standard InChI is InChI=1S/C17H19F3N2O4/c1-23-13-7-15(25-3)14(24-2)6-11(13)8-21-12-4-5-16(22-9-12)26-10-17(18,19)20/h4-7,9,21H,8,10H2,1-3H3. The summed E-state index contributed by atoms with van der Waals surface area (Å²) >= 11 is 0. The molecule has 0 aliphatic heterocycles. The highest BCUT2D eigenvalue weighted by Crippen LogP contribution is 2.35. The highest BCUT2D eigenvalue weighted by Gasteiger charge is 2.28. The van der Waals surface area contributed by atoms with Gasteiger partial charge in [-0.05, 0) is 12.1 Å². The minimum Gasteiger partial charge on any atom is -0.496 e. The molecule has 26 heavy (non-hydrogen) atoms. The van der Waals surface area contributed by atoms with Gasteiger partial charge in [0.2, 0.25) is 5.88 Å². The van der Waals surface area contributed by atoms with E-state index in [0.717, 1.165) is 5.56 Å². The lowest BCUT2D eigenvalue weighted by atomic mass is 10.1. The van der Waals surface area contributed by atoms with E-state index in [0.29, 0.717) is 29.5 Å². The largest absolute Gasteiger partial charge is 0.496 e. The van der Waals surface area contributed by atoms with Gasteiger partial charge in [-0.3, -0.25) is 0 Å². The van der Waals surface area contributed by atoms with Gasteiger partial charge in [0, 0.05) is 24.2 Å². The lowest BCUT2D eigenvalue weighted by Gasteiger charge is -2.15. The maximum Gasteiger partial charge on any atom is 0.422 e. The van der Waals surface area contributed by atoms with Gasteiger partial charge in [-0.25, -0.2) is 4.98 Å². The van der Waals surface area contributed by atoms with Crippen LogP contribution in [0.1, 0.15) is 5.56 Å². The molecule has 0 saturated carbocycles. The first-order chi connectivity index (χ1) is 12.4. The Labute approximate surface area is 148 Å². The summed E-state index contributed by atoms with van der Waals surface area (Å²) in [5, 5.41) is 3.11. The molecule has 0 spiro atoms. The molecule has 9 heteroatoms. The molecular weight excluding hydrogens is 353 g/mol. The molecule has 1 heterocycles. The van der Waals surface area contributed by atoms with E-state index in [1.165, 1.54) is 26.5 Å². The SMILES string of the molecule is COc1cc(OC)c(OC)cc1CNc1ccc(OCC(F)(F)F)nc1. The van der Waals surface area contributed by atoms with Crippen molar-refractivity contribution in [2.24, 2.45) is 0 Å².